The lowest BCUT2D eigenvalue weighted by Gasteiger charge is -2.19. The number of hydrogen-bond acceptors (Lipinski definition) is 7. The van der Waals surface area contributed by atoms with Gasteiger partial charge in [0.2, 0.25) is 0 Å². The zero-order valence-electron chi connectivity index (χ0n) is 16.5. The van der Waals surface area contributed by atoms with E-state index in [1.54, 1.807) is 5.38 Å². The number of aliphatic hydroxyl groups is 1. The minimum atomic E-state index is -4.58. The van der Waals surface area contributed by atoms with E-state index in [1.807, 2.05) is 6.92 Å². The van der Waals surface area contributed by atoms with Gasteiger partial charge in [-0.15, -0.1) is 21.5 Å². The Kier molecular flexibility index (Phi) is 7.03. The van der Waals surface area contributed by atoms with Crippen molar-refractivity contribution >= 4 is 17.2 Å². The molecular formula is C19H21F3N6O2S. The van der Waals surface area contributed by atoms with Crippen LogP contribution in [0.3, 0.4) is 0 Å². The van der Waals surface area contributed by atoms with Gasteiger partial charge in [-0.2, -0.15) is 13.2 Å². The summed E-state index contributed by atoms with van der Waals surface area (Å²) in [4.78, 5) is 19.9. The molecule has 0 bridgehead atoms. The molecule has 0 aliphatic heterocycles. The van der Waals surface area contributed by atoms with E-state index in [4.69, 9.17) is 5.73 Å². The van der Waals surface area contributed by atoms with Gasteiger partial charge in [0.25, 0.3) is 5.91 Å². The van der Waals surface area contributed by atoms with Crippen LogP contribution in [0.1, 0.15) is 52.7 Å². The van der Waals surface area contributed by atoms with Crippen LogP contribution in [0.5, 0.6) is 0 Å². The molecule has 3 heterocycles. The molecule has 0 spiro atoms. The quantitative estimate of drug-likeness (QED) is 0.414. The van der Waals surface area contributed by atoms with Crippen molar-refractivity contribution in [2.24, 2.45) is 5.73 Å². The Morgan fingerprint density at radius 2 is 2.06 bits per heavy atom. The molecule has 3 aromatic rings. The van der Waals surface area contributed by atoms with Crippen LogP contribution in [0.25, 0.3) is 11.4 Å². The van der Waals surface area contributed by atoms with Crippen LogP contribution in [0.2, 0.25) is 0 Å². The average Bonchev–Trinajstić information content (AvgIpc) is 3.42. The number of H-pyrrole nitrogens is 1. The number of aliphatic hydroxyl groups excluding tert-OH is 1. The molecule has 5 N–H and O–H groups in total. The van der Waals surface area contributed by atoms with Crippen LogP contribution in [-0.4, -0.2) is 37.2 Å². The van der Waals surface area contributed by atoms with E-state index in [9.17, 15) is 23.1 Å². The number of rotatable bonds is 8. The van der Waals surface area contributed by atoms with Crippen molar-refractivity contribution in [1.29, 1.82) is 0 Å². The number of hydrogen-bond donors (Lipinski definition) is 4. The van der Waals surface area contributed by atoms with Gasteiger partial charge in [0.1, 0.15) is 16.4 Å². The molecule has 0 aliphatic rings. The molecule has 0 saturated carbocycles. The first kappa shape index (κ1) is 22.8. The van der Waals surface area contributed by atoms with Gasteiger partial charge in [-0.3, -0.25) is 4.79 Å². The number of thiazole rings is 1. The number of halogens is 3. The van der Waals surface area contributed by atoms with Gasteiger partial charge in [-0.25, -0.2) is 4.98 Å². The lowest BCUT2D eigenvalue weighted by molar-refractivity contribution is -0.141. The van der Waals surface area contributed by atoms with Crippen molar-refractivity contribution < 1.29 is 23.1 Å². The molecule has 3 rings (SSSR count). The lowest BCUT2D eigenvalue weighted by atomic mass is 10.1. The molecule has 2 atom stereocenters. The number of carbonyl (C=O) groups is 1. The molecule has 1 amide bonds. The Bertz CT molecular complexity index is 1020. The average molecular weight is 454 g/mol. The third-order valence-corrected chi connectivity index (χ3v) is 5.57. The predicted octanol–water partition coefficient (Wildman–Crippen LogP) is 3.04. The van der Waals surface area contributed by atoms with Gasteiger partial charge < -0.3 is 21.1 Å². The molecule has 8 nitrogen and oxygen atoms in total. The molecule has 166 valence electrons. The highest BCUT2D eigenvalue weighted by Crippen LogP contribution is 2.28. The normalized spacial score (nSPS) is 13.7. The maximum absolute atomic E-state index is 12.8. The molecular weight excluding hydrogens is 433 g/mol. The fourth-order valence-electron chi connectivity index (χ4n) is 2.79. The highest BCUT2D eigenvalue weighted by Gasteiger charge is 2.33. The minimum absolute atomic E-state index is 0.159. The number of nitrogens with one attached hydrogen (secondary N) is 2. The fraction of sp³-hybridized carbons (Fsp3) is 0.368. The highest BCUT2D eigenvalue weighted by atomic mass is 32.1. The Hall–Kier alpha value is -2.83. The van der Waals surface area contributed by atoms with Gasteiger partial charge >= 0.3 is 6.18 Å². The molecule has 0 saturated heterocycles. The third-order valence-electron chi connectivity index (χ3n) is 4.56. The van der Waals surface area contributed by atoms with Gasteiger partial charge in [0, 0.05) is 11.4 Å². The predicted molar refractivity (Wildman–Crippen MR) is 108 cm³/mol. The fourth-order valence-corrected chi connectivity index (χ4v) is 3.66. The van der Waals surface area contributed by atoms with Crippen LogP contribution in [0, 0.1) is 0 Å². The summed E-state index contributed by atoms with van der Waals surface area (Å²) < 4.78 is 37.9. The zero-order valence-corrected chi connectivity index (χ0v) is 17.3. The summed E-state index contributed by atoms with van der Waals surface area (Å²) in [7, 11) is 0. The first-order valence-electron chi connectivity index (χ1n) is 9.43. The van der Waals surface area contributed by atoms with Crippen molar-refractivity contribution in [1.82, 2.24) is 25.5 Å². The van der Waals surface area contributed by atoms with Crippen molar-refractivity contribution in [3.63, 3.8) is 0 Å². The van der Waals surface area contributed by atoms with Crippen molar-refractivity contribution in [2.45, 2.75) is 44.6 Å². The molecule has 0 aromatic carbocycles. The van der Waals surface area contributed by atoms with Crippen molar-refractivity contribution in [3.05, 3.63) is 51.7 Å². The Morgan fingerprint density at radius 3 is 2.65 bits per heavy atom. The second-order valence-electron chi connectivity index (χ2n) is 6.85. The van der Waals surface area contributed by atoms with E-state index in [1.165, 1.54) is 29.5 Å². The van der Waals surface area contributed by atoms with Crippen LogP contribution in [0.15, 0.2) is 29.6 Å². The Morgan fingerprint density at radius 1 is 1.29 bits per heavy atom. The maximum Gasteiger partial charge on any atom is 0.435 e. The van der Waals surface area contributed by atoms with E-state index in [0.717, 1.165) is 6.07 Å². The van der Waals surface area contributed by atoms with Crippen molar-refractivity contribution in [2.75, 3.05) is 0 Å². The number of carbonyl (C=O) groups excluding carboxylic acids is 1. The molecule has 12 heteroatoms. The summed E-state index contributed by atoms with van der Waals surface area (Å²) in [5.74, 6) is -0.430. The number of aromatic nitrogens is 4. The van der Waals surface area contributed by atoms with Crippen LogP contribution >= 0.6 is 11.3 Å². The number of amides is 1. The molecule has 0 aliphatic carbocycles. The number of nitrogens with two attached hydrogens (primary N) is 1. The smallest absolute Gasteiger partial charge is 0.390 e. The first-order chi connectivity index (χ1) is 14.7. The third kappa shape index (κ3) is 5.66. The van der Waals surface area contributed by atoms with Gasteiger partial charge in [-0.1, -0.05) is 6.92 Å². The van der Waals surface area contributed by atoms with Gasteiger partial charge in [0.05, 0.1) is 24.0 Å². The van der Waals surface area contributed by atoms with Crippen LogP contribution in [0.4, 0.5) is 13.2 Å². The van der Waals surface area contributed by atoms with E-state index in [0.29, 0.717) is 29.2 Å². The summed E-state index contributed by atoms with van der Waals surface area (Å²) in [6.45, 7) is 1.73. The summed E-state index contributed by atoms with van der Waals surface area (Å²) >= 11 is 1.32. The van der Waals surface area contributed by atoms with E-state index >= 15 is 0 Å². The maximum atomic E-state index is 12.8. The highest BCUT2D eigenvalue weighted by molar-refractivity contribution is 7.09. The standard InChI is InChI=1S/C19H21F3N6O2S/c1-2-10(23)7-15(18-24-11(8-29)9-31-18)26-17(30)14-4-3-12(25-14)13-5-6-16(28-27-13)19(20,21)22/h3-6,9-10,15,25,29H,2,7-8,23H2,1H3,(H,26,30). The van der Waals surface area contributed by atoms with Crippen molar-refractivity contribution in [3.8, 4) is 11.4 Å². The Labute approximate surface area is 179 Å². The Balaban J connectivity index is 1.76. The van der Waals surface area contributed by atoms with Gasteiger partial charge in [-0.05, 0) is 37.1 Å². The summed E-state index contributed by atoms with van der Waals surface area (Å²) in [6.07, 6.45) is -3.41. The van der Waals surface area contributed by atoms with E-state index < -0.39 is 23.8 Å². The molecule has 31 heavy (non-hydrogen) atoms. The molecule has 0 fully saturated rings. The number of alkyl halides is 3. The second kappa shape index (κ2) is 9.54. The first-order valence-corrected chi connectivity index (χ1v) is 10.3. The second-order valence-corrected chi connectivity index (χ2v) is 7.74. The molecule has 2 unspecified atom stereocenters. The number of aromatic amines is 1. The topological polar surface area (TPSA) is 130 Å². The summed E-state index contributed by atoms with van der Waals surface area (Å²) in [6, 6.07) is 4.43. The molecule has 3 aromatic heterocycles. The minimum Gasteiger partial charge on any atom is -0.390 e. The SMILES string of the molecule is CCC(N)CC(NC(=O)c1ccc(-c2ccc(C(F)(F)F)nn2)[nH]1)c1nc(CO)cs1. The summed E-state index contributed by atoms with van der Waals surface area (Å²) in [5, 5.41) is 21.2. The lowest BCUT2D eigenvalue weighted by Crippen LogP contribution is -2.33. The molecule has 0 radical (unpaired) electrons. The monoisotopic (exact) mass is 454 g/mol. The largest absolute Gasteiger partial charge is 0.435 e. The van der Waals surface area contributed by atoms with Crippen LogP contribution < -0.4 is 11.1 Å². The summed E-state index contributed by atoms with van der Waals surface area (Å²) in [5.41, 5.74) is 6.19. The van der Waals surface area contributed by atoms with Crippen LogP contribution in [-0.2, 0) is 12.8 Å². The van der Waals surface area contributed by atoms with Gasteiger partial charge in [0.15, 0.2) is 5.69 Å². The van der Waals surface area contributed by atoms with E-state index in [2.05, 4.69) is 25.5 Å². The zero-order chi connectivity index (χ0) is 22.6. The van der Waals surface area contributed by atoms with E-state index in [-0.39, 0.29) is 24.0 Å². The number of nitrogens with zero attached hydrogens (tertiary/aromatic N) is 3.